The number of benzene rings is 2. The number of hydrogen-bond donors (Lipinski definition) is 10. The predicted octanol–water partition coefficient (Wildman–Crippen LogP) is 2.48. The van der Waals surface area contributed by atoms with Crippen LogP contribution < -0.4 is 31.6 Å². The summed E-state index contributed by atoms with van der Waals surface area (Å²) in [7, 11) is 1.34. The zero-order valence-electron chi connectivity index (χ0n) is 34.2. The van der Waals surface area contributed by atoms with E-state index in [9.17, 15) is 38.4 Å². The van der Waals surface area contributed by atoms with Crippen molar-refractivity contribution in [1.82, 2.24) is 20.4 Å². The Morgan fingerprint density at radius 2 is 0.984 bits per heavy atom. The average molecular weight is 893 g/mol. The van der Waals surface area contributed by atoms with E-state index in [-0.39, 0.29) is 59.3 Å². The smallest absolute Gasteiger partial charge is 0.379 e. The molecule has 0 spiro atoms. The number of nitrogens with zero attached hydrogens (tertiary/aromatic N) is 2. The number of rotatable bonds is 19. The number of nitrogens with two attached hydrogens (primary N) is 2. The highest BCUT2D eigenvalue weighted by molar-refractivity contribution is 5.96. The van der Waals surface area contributed by atoms with Gasteiger partial charge >= 0.3 is 47.9 Å². The van der Waals surface area contributed by atoms with Gasteiger partial charge in [0.05, 0.1) is 25.9 Å². The first kappa shape index (κ1) is 49.7. The minimum Gasteiger partial charge on any atom is -0.481 e. The van der Waals surface area contributed by atoms with Crippen molar-refractivity contribution in [2.75, 3.05) is 7.05 Å². The lowest BCUT2D eigenvalue weighted by Crippen LogP contribution is -2.50. The Hall–Kier alpha value is -8.70. The topological polar surface area (TPSA) is 392 Å². The summed E-state index contributed by atoms with van der Waals surface area (Å²) in [4.78, 5) is 95.3. The third-order valence-electron chi connectivity index (χ3n) is 8.38. The van der Waals surface area contributed by atoms with E-state index in [1.54, 1.807) is 13.8 Å². The fraction of sp³-hybridized carbons (Fsp3) is 0.250. The van der Waals surface area contributed by atoms with E-state index in [1.807, 2.05) is 0 Å². The molecule has 4 aromatic rings. The molecule has 0 aliphatic carbocycles. The molecule has 12 N–H and O–H groups in total. The molecular formula is C40H44N8O16. The van der Waals surface area contributed by atoms with Crippen molar-refractivity contribution < 1.29 is 77.1 Å². The van der Waals surface area contributed by atoms with E-state index in [4.69, 9.17) is 61.0 Å². The molecule has 0 bridgehead atoms. The van der Waals surface area contributed by atoms with E-state index < -0.39 is 78.8 Å². The van der Waals surface area contributed by atoms with Crippen LogP contribution in [0, 0.1) is 10.8 Å². The number of amidine groups is 2. The first-order valence-electron chi connectivity index (χ1n) is 18.5. The lowest BCUT2D eigenvalue weighted by molar-refractivity contribution is -0.145. The Morgan fingerprint density at radius 1 is 0.609 bits per heavy atom. The standard InChI is InChI=1S/C21H24N4O8.C19H20N4O8/c1-11(2)25(21(31)24-15(19(28)29)9-17(26)27)10-14-7-8-16(32-14)20(30)33-13-5-3-12(4-6-13)18(22)23;1-23(19(29)22-13(17(26)27)8-15(24)25)9-12-6-7-14(30-12)18(28)31-11-4-2-10(3-5-11)16(20)21/h3-8,11,15H,9-10H2,1-2H3,(H3,22,23)(H,24,31)(H,26,27)(H,28,29);2-7,13H,8-9H2,1H3,(H3,20,21)(H,22,29)(H,24,25)(H,26,27)/t15-;13-/m00/s1. The van der Waals surface area contributed by atoms with Crippen LogP contribution >= 0.6 is 0 Å². The van der Waals surface area contributed by atoms with Gasteiger partial charge in [-0.2, -0.15) is 0 Å². The number of aliphatic carboxylic acids is 4. The number of amides is 4. The second-order valence-electron chi connectivity index (χ2n) is 13.6. The fourth-order valence-electron chi connectivity index (χ4n) is 5.07. The highest BCUT2D eigenvalue weighted by Crippen LogP contribution is 2.19. The van der Waals surface area contributed by atoms with Crippen molar-refractivity contribution in [3.63, 3.8) is 0 Å². The number of carbonyl (C=O) groups is 8. The zero-order valence-corrected chi connectivity index (χ0v) is 34.2. The van der Waals surface area contributed by atoms with E-state index >= 15 is 0 Å². The number of ether oxygens (including phenoxy) is 2. The number of carboxylic acids is 4. The van der Waals surface area contributed by atoms with Crippen molar-refractivity contribution in [3.8, 4) is 11.5 Å². The first-order valence-corrected chi connectivity index (χ1v) is 18.5. The maximum absolute atomic E-state index is 12.5. The number of urea groups is 2. The van der Waals surface area contributed by atoms with E-state index in [0.717, 1.165) is 4.90 Å². The number of carbonyl (C=O) groups excluding carboxylic acids is 4. The monoisotopic (exact) mass is 892 g/mol. The molecule has 2 heterocycles. The van der Waals surface area contributed by atoms with Crippen LogP contribution in [-0.2, 0) is 32.3 Å². The van der Waals surface area contributed by atoms with Gasteiger partial charge in [-0.25, -0.2) is 28.8 Å². The van der Waals surface area contributed by atoms with Gasteiger partial charge in [0, 0.05) is 24.2 Å². The number of carboxylic acid groups (broad SMARTS) is 4. The molecule has 0 fully saturated rings. The minimum absolute atomic E-state index is 0.108. The third kappa shape index (κ3) is 15.4. The van der Waals surface area contributed by atoms with Gasteiger partial charge in [-0.15, -0.1) is 0 Å². The Balaban J connectivity index is 0.000000341. The number of esters is 2. The summed E-state index contributed by atoms with van der Waals surface area (Å²) in [6, 6.07) is 12.3. The lowest BCUT2D eigenvalue weighted by Gasteiger charge is -2.27. The van der Waals surface area contributed by atoms with Gasteiger partial charge in [0.2, 0.25) is 11.5 Å². The van der Waals surface area contributed by atoms with Gasteiger partial charge in [-0.1, -0.05) is 0 Å². The molecule has 64 heavy (non-hydrogen) atoms. The normalized spacial score (nSPS) is 11.4. The fourth-order valence-corrected chi connectivity index (χ4v) is 5.07. The van der Waals surface area contributed by atoms with Crippen molar-refractivity contribution in [2.45, 2.75) is 57.9 Å². The largest absolute Gasteiger partial charge is 0.481 e. The Morgan fingerprint density at radius 3 is 1.33 bits per heavy atom. The predicted molar refractivity (Wildman–Crippen MR) is 219 cm³/mol. The highest BCUT2D eigenvalue weighted by Gasteiger charge is 2.28. The molecule has 4 rings (SSSR count). The summed E-state index contributed by atoms with van der Waals surface area (Å²) >= 11 is 0. The number of furan rings is 2. The summed E-state index contributed by atoms with van der Waals surface area (Å²) in [5, 5.41) is 54.6. The molecule has 0 aliphatic heterocycles. The first-order chi connectivity index (χ1) is 30.0. The molecule has 2 atom stereocenters. The van der Waals surface area contributed by atoms with Gasteiger partial charge < -0.3 is 70.6 Å². The maximum atomic E-state index is 12.5. The Kier molecular flexibility index (Phi) is 17.7. The Labute approximate surface area is 362 Å². The van der Waals surface area contributed by atoms with Crippen molar-refractivity contribution in [1.29, 1.82) is 10.8 Å². The molecule has 2 aromatic heterocycles. The molecule has 24 nitrogen and oxygen atoms in total. The summed E-state index contributed by atoms with van der Waals surface area (Å²) in [5.74, 6) is -6.93. The highest BCUT2D eigenvalue weighted by atomic mass is 16.6. The maximum Gasteiger partial charge on any atom is 0.379 e. The van der Waals surface area contributed by atoms with Crippen LogP contribution in [0.3, 0.4) is 0 Å². The van der Waals surface area contributed by atoms with Gasteiger partial charge in [0.25, 0.3) is 0 Å². The summed E-state index contributed by atoms with van der Waals surface area (Å²) < 4.78 is 21.2. The van der Waals surface area contributed by atoms with Crippen molar-refractivity contribution in [3.05, 3.63) is 107 Å². The molecule has 24 heteroatoms. The van der Waals surface area contributed by atoms with E-state index in [0.29, 0.717) is 11.1 Å². The second kappa shape index (κ2) is 22.8. The molecule has 0 unspecified atom stereocenters. The average Bonchev–Trinajstić information content (AvgIpc) is 3.90. The van der Waals surface area contributed by atoms with E-state index in [1.165, 1.54) is 84.7 Å². The molecule has 0 saturated heterocycles. The van der Waals surface area contributed by atoms with Crippen LogP contribution in [0.25, 0.3) is 0 Å². The van der Waals surface area contributed by atoms with Gasteiger partial charge in [-0.3, -0.25) is 20.4 Å². The molecule has 0 saturated carbocycles. The SMILES string of the molecule is CC(C)N(Cc1ccc(C(=O)Oc2ccc(C(=N)N)cc2)o1)C(=O)N[C@@H](CC(=O)O)C(=O)O.CN(Cc1ccc(C(=O)Oc2ccc(C(=N)N)cc2)o1)C(=O)N[C@@H](CC(=O)O)C(=O)O. The van der Waals surface area contributed by atoms with Crippen LogP contribution in [0.2, 0.25) is 0 Å². The molecule has 2 aromatic carbocycles. The number of nitrogens with one attached hydrogen (secondary N) is 4. The van der Waals surface area contributed by atoms with Crippen LogP contribution in [0.5, 0.6) is 11.5 Å². The summed E-state index contributed by atoms with van der Waals surface area (Å²) in [5.41, 5.74) is 11.7. The Bertz CT molecular complexity index is 2370. The summed E-state index contributed by atoms with van der Waals surface area (Å²) in [6.45, 7) is 3.13. The summed E-state index contributed by atoms with van der Waals surface area (Å²) in [6.07, 6.45) is -1.56. The molecular weight excluding hydrogens is 848 g/mol. The molecule has 0 radical (unpaired) electrons. The number of nitrogen functional groups attached to an aromatic ring is 2. The second-order valence-corrected chi connectivity index (χ2v) is 13.6. The minimum atomic E-state index is -1.60. The van der Waals surface area contributed by atoms with Gasteiger partial charge in [0.1, 0.15) is 46.8 Å². The van der Waals surface area contributed by atoms with Gasteiger partial charge in [-0.05, 0) is 86.6 Å². The van der Waals surface area contributed by atoms with Gasteiger partial charge in [0.15, 0.2) is 0 Å². The van der Waals surface area contributed by atoms with Crippen molar-refractivity contribution in [2.24, 2.45) is 11.5 Å². The molecule has 0 aliphatic rings. The van der Waals surface area contributed by atoms with Crippen LogP contribution in [0.15, 0.2) is 81.6 Å². The van der Waals surface area contributed by atoms with Crippen LogP contribution in [0.1, 0.15) is 70.4 Å². The van der Waals surface area contributed by atoms with E-state index in [2.05, 4.69) is 10.6 Å². The van der Waals surface area contributed by atoms with Crippen LogP contribution in [-0.4, -0.2) is 115 Å². The molecule has 4 amide bonds. The zero-order chi connectivity index (χ0) is 47.8. The third-order valence-corrected chi connectivity index (χ3v) is 8.38. The van der Waals surface area contributed by atoms with Crippen molar-refractivity contribution >= 4 is 59.5 Å². The van der Waals surface area contributed by atoms with Crippen LogP contribution in [0.4, 0.5) is 9.59 Å². The lowest BCUT2D eigenvalue weighted by atomic mass is 10.2. The molecule has 340 valence electrons. The number of hydrogen-bond acceptors (Lipinski definition) is 14. The quantitative estimate of drug-likeness (QED) is 0.0280.